The van der Waals surface area contributed by atoms with E-state index >= 15 is 0 Å². The van der Waals surface area contributed by atoms with Crippen LogP contribution in [0.15, 0.2) is 54.6 Å². The fourth-order valence-electron chi connectivity index (χ4n) is 2.22. The van der Waals surface area contributed by atoms with Gasteiger partial charge in [0.15, 0.2) is 11.6 Å². The minimum absolute atomic E-state index is 0.622. The van der Waals surface area contributed by atoms with Gasteiger partial charge in [-0.3, -0.25) is 5.10 Å². The fourth-order valence-corrected chi connectivity index (χ4v) is 2.22. The Morgan fingerprint density at radius 2 is 1.70 bits per heavy atom. The van der Waals surface area contributed by atoms with Gasteiger partial charge >= 0.3 is 0 Å². The summed E-state index contributed by atoms with van der Waals surface area (Å²) in [5.41, 5.74) is 8.91. The third-order valence-electron chi connectivity index (χ3n) is 3.20. The van der Waals surface area contributed by atoms with Gasteiger partial charge in [0.05, 0.1) is 0 Å². The maximum Gasteiger partial charge on any atom is 0.181 e. The zero-order valence-electron chi connectivity index (χ0n) is 11.1. The van der Waals surface area contributed by atoms with Crippen molar-refractivity contribution in [2.75, 3.05) is 6.54 Å². The monoisotopic (exact) mass is 264 g/mol. The summed E-state index contributed by atoms with van der Waals surface area (Å²) < 4.78 is 0. The number of nitrogens with two attached hydrogens (primary N) is 1. The molecule has 3 N–H and O–H groups in total. The number of aromatic amines is 1. The molecule has 3 aromatic rings. The van der Waals surface area contributed by atoms with Crippen molar-refractivity contribution in [3.8, 4) is 22.8 Å². The topological polar surface area (TPSA) is 67.6 Å². The van der Waals surface area contributed by atoms with E-state index in [1.54, 1.807) is 0 Å². The highest BCUT2D eigenvalue weighted by molar-refractivity contribution is 5.63. The Kier molecular flexibility index (Phi) is 3.56. The zero-order chi connectivity index (χ0) is 13.8. The molecular weight excluding hydrogens is 248 g/mol. The molecule has 0 saturated heterocycles. The smallest absolute Gasteiger partial charge is 0.181 e. The van der Waals surface area contributed by atoms with E-state index in [1.165, 1.54) is 5.56 Å². The molecule has 4 heteroatoms. The van der Waals surface area contributed by atoms with Gasteiger partial charge in [0.1, 0.15) is 0 Å². The largest absolute Gasteiger partial charge is 0.330 e. The number of aromatic nitrogens is 3. The van der Waals surface area contributed by atoms with Crippen molar-refractivity contribution < 1.29 is 0 Å². The van der Waals surface area contributed by atoms with Crippen LogP contribution in [0, 0.1) is 0 Å². The number of H-pyrrole nitrogens is 1. The highest BCUT2D eigenvalue weighted by atomic mass is 15.2. The summed E-state index contributed by atoms with van der Waals surface area (Å²) in [6, 6.07) is 18.1. The Morgan fingerprint density at radius 1 is 0.950 bits per heavy atom. The lowest BCUT2D eigenvalue weighted by atomic mass is 10.0. The highest BCUT2D eigenvalue weighted by Gasteiger charge is 2.10. The van der Waals surface area contributed by atoms with Crippen LogP contribution < -0.4 is 5.73 Å². The van der Waals surface area contributed by atoms with Gasteiger partial charge in [-0.05, 0) is 18.5 Å². The number of nitrogens with one attached hydrogen (secondary N) is 1. The van der Waals surface area contributed by atoms with Crippen LogP contribution in [0.4, 0.5) is 0 Å². The SMILES string of the molecule is NCCc1ccccc1-c1nc(-c2ccccc2)n[nH]1. The third kappa shape index (κ3) is 2.46. The van der Waals surface area contributed by atoms with Crippen LogP contribution in [0.25, 0.3) is 22.8 Å². The summed E-state index contributed by atoms with van der Waals surface area (Å²) >= 11 is 0. The average Bonchev–Trinajstić information content (AvgIpc) is 2.99. The minimum Gasteiger partial charge on any atom is -0.330 e. The van der Waals surface area contributed by atoms with Crippen molar-refractivity contribution in [1.82, 2.24) is 15.2 Å². The summed E-state index contributed by atoms with van der Waals surface area (Å²) in [6.45, 7) is 0.622. The van der Waals surface area contributed by atoms with E-state index in [2.05, 4.69) is 21.2 Å². The zero-order valence-corrected chi connectivity index (χ0v) is 11.1. The van der Waals surface area contributed by atoms with E-state index in [1.807, 2.05) is 48.5 Å². The summed E-state index contributed by atoms with van der Waals surface area (Å²) in [5.74, 6) is 1.50. The Morgan fingerprint density at radius 3 is 2.50 bits per heavy atom. The van der Waals surface area contributed by atoms with Crippen molar-refractivity contribution >= 4 is 0 Å². The van der Waals surface area contributed by atoms with Crippen LogP contribution in [0.3, 0.4) is 0 Å². The Bertz CT molecular complexity index is 688. The summed E-state index contributed by atoms with van der Waals surface area (Å²) in [7, 11) is 0. The molecule has 0 amide bonds. The van der Waals surface area contributed by atoms with Gasteiger partial charge in [0, 0.05) is 11.1 Å². The van der Waals surface area contributed by atoms with Crippen molar-refractivity contribution in [2.45, 2.75) is 6.42 Å². The Hall–Kier alpha value is -2.46. The first-order chi connectivity index (χ1) is 9.88. The minimum atomic E-state index is 0.622. The summed E-state index contributed by atoms with van der Waals surface area (Å²) in [5, 5.41) is 7.31. The number of nitrogens with zero attached hydrogens (tertiary/aromatic N) is 2. The van der Waals surface area contributed by atoms with Crippen LogP contribution in [0.1, 0.15) is 5.56 Å². The van der Waals surface area contributed by atoms with Gasteiger partial charge in [-0.2, -0.15) is 5.10 Å². The molecule has 0 bridgehead atoms. The molecule has 0 atom stereocenters. The molecule has 0 unspecified atom stereocenters. The van der Waals surface area contributed by atoms with Crippen LogP contribution in [-0.2, 0) is 6.42 Å². The first-order valence-electron chi connectivity index (χ1n) is 6.64. The van der Waals surface area contributed by atoms with Gasteiger partial charge < -0.3 is 5.73 Å². The normalized spacial score (nSPS) is 10.7. The van der Waals surface area contributed by atoms with Crippen molar-refractivity contribution in [2.24, 2.45) is 5.73 Å². The number of hydrogen-bond donors (Lipinski definition) is 2. The first kappa shape index (κ1) is 12.6. The number of hydrogen-bond acceptors (Lipinski definition) is 3. The maximum atomic E-state index is 5.66. The van der Waals surface area contributed by atoms with Crippen LogP contribution in [-0.4, -0.2) is 21.7 Å². The lowest BCUT2D eigenvalue weighted by Gasteiger charge is -2.04. The van der Waals surface area contributed by atoms with Gasteiger partial charge in [0.2, 0.25) is 0 Å². The number of benzene rings is 2. The van der Waals surface area contributed by atoms with Crippen LogP contribution in [0.5, 0.6) is 0 Å². The van der Waals surface area contributed by atoms with E-state index < -0.39 is 0 Å². The second-order valence-electron chi connectivity index (χ2n) is 4.57. The molecule has 0 saturated carbocycles. The van der Waals surface area contributed by atoms with E-state index in [-0.39, 0.29) is 0 Å². The van der Waals surface area contributed by atoms with Crippen LogP contribution in [0.2, 0.25) is 0 Å². The molecule has 1 heterocycles. The molecule has 20 heavy (non-hydrogen) atoms. The molecule has 1 aromatic heterocycles. The predicted molar refractivity (Wildman–Crippen MR) is 80.0 cm³/mol. The first-order valence-corrected chi connectivity index (χ1v) is 6.64. The van der Waals surface area contributed by atoms with E-state index in [4.69, 9.17) is 5.73 Å². The van der Waals surface area contributed by atoms with E-state index in [0.29, 0.717) is 12.4 Å². The predicted octanol–water partition coefficient (Wildman–Crippen LogP) is 2.64. The third-order valence-corrected chi connectivity index (χ3v) is 3.20. The second-order valence-corrected chi connectivity index (χ2v) is 4.57. The molecule has 3 rings (SSSR count). The fraction of sp³-hybridized carbons (Fsp3) is 0.125. The molecule has 0 spiro atoms. The lowest BCUT2D eigenvalue weighted by Crippen LogP contribution is -2.04. The van der Waals surface area contributed by atoms with Crippen molar-refractivity contribution in [3.63, 3.8) is 0 Å². The quantitative estimate of drug-likeness (QED) is 0.761. The average molecular weight is 264 g/mol. The molecule has 0 aliphatic heterocycles. The Labute approximate surface area is 117 Å². The van der Waals surface area contributed by atoms with Gasteiger partial charge in [-0.25, -0.2) is 4.98 Å². The molecule has 2 aromatic carbocycles. The summed E-state index contributed by atoms with van der Waals surface area (Å²) in [4.78, 5) is 4.59. The van der Waals surface area contributed by atoms with E-state index in [0.717, 1.165) is 23.4 Å². The molecular formula is C16H16N4. The lowest BCUT2D eigenvalue weighted by molar-refractivity contribution is 0.966. The Balaban J connectivity index is 1.98. The molecule has 0 aliphatic rings. The van der Waals surface area contributed by atoms with Gasteiger partial charge in [-0.15, -0.1) is 0 Å². The standard InChI is InChI=1S/C16H16N4/c17-11-10-12-6-4-5-9-14(12)16-18-15(19-20-16)13-7-2-1-3-8-13/h1-9H,10-11,17H2,(H,18,19,20). The van der Waals surface area contributed by atoms with Gasteiger partial charge in [-0.1, -0.05) is 54.6 Å². The van der Waals surface area contributed by atoms with Crippen molar-refractivity contribution in [1.29, 1.82) is 0 Å². The van der Waals surface area contributed by atoms with Gasteiger partial charge in [0.25, 0.3) is 0 Å². The van der Waals surface area contributed by atoms with Crippen molar-refractivity contribution in [3.05, 3.63) is 60.2 Å². The second kappa shape index (κ2) is 5.67. The van der Waals surface area contributed by atoms with E-state index in [9.17, 15) is 0 Å². The molecule has 100 valence electrons. The number of rotatable bonds is 4. The molecule has 4 nitrogen and oxygen atoms in total. The molecule has 0 radical (unpaired) electrons. The summed E-state index contributed by atoms with van der Waals surface area (Å²) in [6.07, 6.45) is 0.831. The molecule has 0 aliphatic carbocycles. The van der Waals surface area contributed by atoms with Crippen LogP contribution >= 0.6 is 0 Å². The maximum absolute atomic E-state index is 5.66. The highest BCUT2D eigenvalue weighted by Crippen LogP contribution is 2.23. The molecule has 0 fully saturated rings.